The molecule has 3 unspecified atom stereocenters. The van der Waals surface area contributed by atoms with Crippen LogP contribution in [0, 0.1) is 17.3 Å². The first-order valence-corrected chi connectivity index (χ1v) is 6.69. The van der Waals surface area contributed by atoms with E-state index in [9.17, 15) is 0 Å². The highest BCUT2D eigenvalue weighted by molar-refractivity contribution is 5.02. The Labute approximate surface area is 90.5 Å². The molecule has 84 valence electrons. The zero-order valence-corrected chi connectivity index (χ0v) is 10.6. The molecular weight excluding hydrogens is 168 g/mol. The molecule has 14 heavy (non-hydrogen) atoms. The topological polar surface area (TPSA) is 0 Å². The van der Waals surface area contributed by atoms with E-state index in [0.717, 1.165) is 17.3 Å². The molecule has 1 fully saturated rings. The second-order valence-electron chi connectivity index (χ2n) is 5.44. The van der Waals surface area contributed by atoms with Gasteiger partial charge in [-0.05, 0) is 30.1 Å². The van der Waals surface area contributed by atoms with Gasteiger partial charge in [-0.1, -0.05) is 59.8 Å². The SMILES string of the molecule is CCCCC1CC1(C)C(CC)CCC. The van der Waals surface area contributed by atoms with Gasteiger partial charge in [0.25, 0.3) is 0 Å². The summed E-state index contributed by atoms with van der Waals surface area (Å²) in [6.45, 7) is 9.55. The van der Waals surface area contributed by atoms with Gasteiger partial charge in [-0.2, -0.15) is 0 Å². The van der Waals surface area contributed by atoms with Gasteiger partial charge in [0.05, 0.1) is 0 Å². The first-order valence-electron chi connectivity index (χ1n) is 6.69. The summed E-state index contributed by atoms with van der Waals surface area (Å²) in [4.78, 5) is 0. The highest BCUT2D eigenvalue weighted by atomic mass is 14.6. The monoisotopic (exact) mass is 196 g/mol. The van der Waals surface area contributed by atoms with Crippen LogP contribution in [0.5, 0.6) is 0 Å². The van der Waals surface area contributed by atoms with Crippen molar-refractivity contribution in [2.24, 2.45) is 17.3 Å². The lowest BCUT2D eigenvalue weighted by Gasteiger charge is -2.23. The molecule has 0 heteroatoms. The molecule has 0 aliphatic heterocycles. The van der Waals surface area contributed by atoms with Crippen LogP contribution in [0.2, 0.25) is 0 Å². The Morgan fingerprint density at radius 3 is 2.43 bits per heavy atom. The van der Waals surface area contributed by atoms with E-state index in [4.69, 9.17) is 0 Å². The van der Waals surface area contributed by atoms with Crippen LogP contribution in [-0.4, -0.2) is 0 Å². The van der Waals surface area contributed by atoms with E-state index >= 15 is 0 Å². The van der Waals surface area contributed by atoms with Crippen molar-refractivity contribution in [1.29, 1.82) is 0 Å². The van der Waals surface area contributed by atoms with Crippen molar-refractivity contribution < 1.29 is 0 Å². The smallest absolute Gasteiger partial charge is 0.0266 e. The first-order chi connectivity index (χ1) is 6.69. The van der Waals surface area contributed by atoms with Crippen LogP contribution in [0.25, 0.3) is 0 Å². The number of hydrogen-bond donors (Lipinski definition) is 0. The predicted octanol–water partition coefficient (Wildman–Crippen LogP) is 5.03. The Hall–Kier alpha value is 0. The molecule has 1 aliphatic carbocycles. The maximum Gasteiger partial charge on any atom is -0.0266 e. The van der Waals surface area contributed by atoms with E-state index in [1.165, 1.54) is 44.9 Å². The van der Waals surface area contributed by atoms with Crippen LogP contribution in [-0.2, 0) is 0 Å². The van der Waals surface area contributed by atoms with Gasteiger partial charge in [0.15, 0.2) is 0 Å². The Morgan fingerprint density at radius 2 is 1.93 bits per heavy atom. The van der Waals surface area contributed by atoms with E-state index < -0.39 is 0 Å². The van der Waals surface area contributed by atoms with E-state index in [1.807, 2.05) is 0 Å². The first kappa shape index (κ1) is 12.1. The Bertz CT molecular complexity index is 161. The second kappa shape index (κ2) is 5.19. The molecule has 3 atom stereocenters. The van der Waals surface area contributed by atoms with Gasteiger partial charge in [0, 0.05) is 0 Å². The summed E-state index contributed by atoms with van der Waals surface area (Å²) in [5.41, 5.74) is 0.736. The molecule has 0 aromatic carbocycles. The average Bonchev–Trinajstić information content (AvgIpc) is 2.84. The van der Waals surface area contributed by atoms with E-state index in [1.54, 1.807) is 0 Å². The van der Waals surface area contributed by atoms with Gasteiger partial charge in [0.2, 0.25) is 0 Å². The Kier molecular flexibility index (Phi) is 4.47. The maximum atomic E-state index is 2.54. The number of unbranched alkanes of at least 4 members (excludes halogenated alkanes) is 1. The van der Waals surface area contributed by atoms with Gasteiger partial charge in [-0.25, -0.2) is 0 Å². The Balaban J connectivity index is 2.35. The van der Waals surface area contributed by atoms with Gasteiger partial charge in [0.1, 0.15) is 0 Å². The highest BCUT2D eigenvalue weighted by Gasteiger charge is 2.52. The van der Waals surface area contributed by atoms with Crippen molar-refractivity contribution in [3.63, 3.8) is 0 Å². The fraction of sp³-hybridized carbons (Fsp3) is 1.00. The van der Waals surface area contributed by atoms with E-state index in [-0.39, 0.29) is 0 Å². The molecule has 0 spiro atoms. The molecule has 0 heterocycles. The maximum absolute atomic E-state index is 2.54. The summed E-state index contributed by atoms with van der Waals surface area (Å²) >= 11 is 0. The van der Waals surface area contributed by atoms with Crippen molar-refractivity contribution in [1.82, 2.24) is 0 Å². The predicted molar refractivity (Wildman–Crippen MR) is 64.4 cm³/mol. The molecule has 0 radical (unpaired) electrons. The minimum atomic E-state index is 0.736. The van der Waals surface area contributed by atoms with Gasteiger partial charge in [-0.15, -0.1) is 0 Å². The van der Waals surface area contributed by atoms with Gasteiger partial charge >= 0.3 is 0 Å². The molecule has 1 rings (SSSR count). The third kappa shape index (κ3) is 2.52. The van der Waals surface area contributed by atoms with Crippen LogP contribution in [0.4, 0.5) is 0 Å². The third-order valence-corrected chi connectivity index (χ3v) is 4.43. The molecule has 0 bridgehead atoms. The lowest BCUT2D eigenvalue weighted by atomic mass is 9.82. The van der Waals surface area contributed by atoms with Gasteiger partial charge in [-0.3, -0.25) is 0 Å². The summed E-state index contributed by atoms with van der Waals surface area (Å²) in [5.74, 6) is 2.08. The normalized spacial score (nSPS) is 33.0. The lowest BCUT2D eigenvalue weighted by Crippen LogP contribution is -2.14. The van der Waals surface area contributed by atoms with Crippen LogP contribution in [0.15, 0.2) is 0 Å². The summed E-state index contributed by atoms with van der Waals surface area (Å²) < 4.78 is 0. The fourth-order valence-electron chi connectivity index (χ4n) is 3.20. The van der Waals surface area contributed by atoms with Crippen molar-refractivity contribution in [3.05, 3.63) is 0 Å². The quantitative estimate of drug-likeness (QED) is 0.536. The molecule has 0 N–H and O–H groups in total. The fourth-order valence-corrected chi connectivity index (χ4v) is 3.20. The summed E-state index contributed by atoms with van der Waals surface area (Å²) in [7, 11) is 0. The van der Waals surface area contributed by atoms with Gasteiger partial charge < -0.3 is 0 Å². The largest absolute Gasteiger partial charge is 0.0654 e. The zero-order valence-electron chi connectivity index (χ0n) is 10.6. The zero-order chi connectivity index (χ0) is 10.6. The van der Waals surface area contributed by atoms with Crippen molar-refractivity contribution in [2.75, 3.05) is 0 Å². The van der Waals surface area contributed by atoms with Crippen LogP contribution in [0.3, 0.4) is 0 Å². The molecule has 0 aromatic heterocycles. The third-order valence-electron chi connectivity index (χ3n) is 4.43. The van der Waals surface area contributed by atoms with Crippen molar-refractivity contribution >= 4 is 0 Å². The van der Waals surface area contributed by atoms with Crippen LogP contribution in [0.1, 0.15) is 72.6 Å². The average molecular weight is 196 g/mol. The lowest BCUT2D eigenvalue weighted by molar-refractivity contribution is 0.270. The van der Waals surface area contributed by atoms with Crippen molar-refractivity contribution in [3.8, 4) is 0 Å². The molecular formula is C14H28. The molecule has 0 nitrogen and oxygen atoms in total. The summed E-state index contributed by atoms with van der Waals surface area (Å²) in [5, 5.41) is 0. The van der Waals surface area contributed by atoms with Crippen molar-refractivity contribution in [2.45, 2.75) is 72.6 Å². The minimum Gasteiger partial charge on any atom is -0.0654 e. The van der Waals surface area contributed by atoms with Crippen LogP contribution < -0.4 is 0 Å². The number of rotatable bonds is 7. The van der Waals surface area contributed by atoms with E-state index in [0.29, 0.717) is 0 Å². The summed E-state index contributed by atoms with van der Waals surface area (Å²) in [6, 6.07) is 0. The molecule has 0 aromatic rings. The second-order valence-corrected chi connectivity index (χ2v) is 5.44. The molecule has 1 aliphatic rings. The Morgan fingerprint density at radius 1 is 1.21 bits per heavy atom. The molecule has 0 saturated heterocycles. The molecule has 1 saturated carbocycles. The summed E-state index contributed by atoms with van der Waals surface area (Å²) in [6.07, 6.45) is 10.1. The minimum absolute atomic E-state index is 0.736. The number of hydrogen-bond acceptors (Lipinski definition) is 0. The molecule has 0 amide bonds. The standard InChI is InChI=1S/C14H28/c1-5-8-10-13-11-14(13,4)12(7-3)9-6-2/h12-13H,5-11H2,1-4H3. The van der Waals surface area contributed by atoms with Crippen LogP contribution >= 0.6 is 0 Å². The highest BCUT2D eigenvalue weighted by Crippen LogP contribution is 2.61. The van der Waals surface area contributed by atoms with E-state index in [2.05, 4.69) is 27.7 Å².